The fourth-order valence-electron chi connectivity index (χ4n) is 2.07. The Morgan fingerprint density at radius 2 is 1.84 bits per heavy atom. The molecule has 0 aliphatic carbocycles. The summed E-state index contributed by atoms with van der Waals surface area (Å²) in [7, 11) is 0. The van der Waals surface area contributed by atoms with E-state index in [0.29, 0.717) is 5.56 Å². The maximum absolute atomic E-state index is 9.81. The number of benzene rings is 2. The van der Waals surface area contributed by atoms with Crippen LogP contribution in [0.1, 0.15) is 29.7 Å². The largest absolute Gasteiger partial charge is 0.508 e. The summed E-state index contributed by atoms with van der Waals surface area (Å²) < 4.78 is 0. The Labute approximate surface area is 113 Å². The van der Waals surface area contributed by atoms with Gasteiger partial charge in [0.1, 0.15) is 11.5 Å². The van der Waals surface area contributed by atoms with Crippen LogP contribution in [0.15, 0.2) is 42.5 Å². The lowest BCUT2D eigenvalue weighted by atomic mass is 10.1. The molecule has 1 unspecified atom stereocenters. The summed E-state index contributed by atoms with van der Waals surface area (Å²) in [6.45, 7) is 4.77. The van der Waals surface area contributed by atoms with Crippen molar-refractivity contribution in [1.82, 2.24) is 5.32 Å². The molecule has 100 valence electrons. The molecule has 0 saturated heterocycles. The Morgan fingerprint density at radius 3 is 2.58 bits per heavy atom. The average molecular weight is 257 g/mol. The second-order valence-electron chi connectivity index (χ2n) is 4.77. The first-order valence-electron chi connectivity index (χ1n) is 6.37. The van der Waals surface area contributed by atoms with Crippen LogP contribution in [0.4, 0.5) is 0 Å². The predicted molar refractivity (Wildman–Crippen MR) is 76.2 cm³/mol. The first-order chi connectivity index (χ1) is 9.08. The molecule has 0 aliphatic rings. The van der Waals surface area contributed by atoms with E-state index >= 15 is 0 Å². The zero-order chi connectivity index (χ0) is 13.8. The van der Waals surface area contributed by atoms with Gasteiger partial charge in [-0.2, -0.15) is 0 Å². The lowest BCUT2D eigenvalue weighted by Crippen LogP contribution is -2.18. The number of aryl methyl sites for hydroxylation is 1. The highest BCUT2D eigenvalue weighted by atomic mass is 16.3. The van der Waals surface area contributed by atoms with Crippen molar-refractivity contribution in [3.63, 3.8) is 0 Å². The SMILES string of the molecule is Cc1ccccc1CNC(C)c1cc(O)ccc1O. The third kappa shape index (κ3) is 3.26. The first-order valence-corrected chi connectivity index (χ1v) is 6.37. The van der Waals surface area contributed by atoms with Crippen molar-refractivity contribution >= 4 is 0 Å². The van der Waals surface area contributed by atoms with Crippen molar-refractivity contribution in [3.8, 4) is 11.5 Å². The number of rotatable bonds is 4. The molecular formula is C16H19NO2. The van der Waals surface area contributed by atoms with Gasteiger partial charge in [0.2, 0.25) is 0 Å². The van der Waals surface area contributed by atoms with E-state index in [4.69, 9.17) is 0 Å². The molecular weight excluding hydrogens is 238 g/mol. The predicted octanol–water partition coefficient (Wildman–Crippen LogP) is 3.26. The topological polar surface area (TPSA) is 52.5 Å². The van der Waals surface area contributed by atoms with Gasteiger partial charge in [0, 0.05) is 18.2 Å². The highest BCUT2D eigenvalue weighted by molar-refractivity contribution is 5.40. The molecule has 1 atom stereocenters. The minimum absolute atomic E-state index is 0.0355. The molecule has 0 bridgehead atoms. The highest BCUT2D eigenvalue weighted by Gasteiger charge is 2.11. The second kappa shape index (κ2) is 5.76. The summed E-state index contributed by atoms with van der Waals surface area (Å²) in [6.07, 6.45) is 0. The van der Waals surface area contributed by atoms with Gasteiger partial charge in [-0.15, -0.1) is 0 Å². The third-order valence-electron chi connectivity index (χ3n) is 3.34. The number of phenolic OH excluding ortho intramolecular Hbond substituents is 2. The summed E-state index contributed by atoms with van der Waals surface area (Å²) in [4.78, 5) is 0. The number of phenols is 2. The summed E-state index contributed by atoms with van der Waals surface area (Å²) in [6, 6.07) is 12.7. The van der Waals surface area contributed by atoms with Crippen LogP contribution in [0.5, 0.6) is 11.5 Å². The number of aromatic hydroxyl groups is 2. The minimum atomic E-state index is -0.0355. The fourth-order valence-corrected chi connectivity index (χ4v) is 2.07. The van der Waals surface area contributed by atoms with Crippen LogP contribution < -0.4 is 5.32 Å². The molecule has 0 saturated carbocycles. The van der Waals surface area contributed by atoms with Crippen LogP contribution in [-0.4, -0.2) is 10.2 Å². The molecule has 3 N–H and O–H groups in total. The fraction of sp³-hybridized carbons (Fsp3) is 0.250. The van der Waals surface area contributed by atoms with E-state index in [-0.39, 0.29) is 17.5 Å². The zero-order valence-corrected chi connectivity index (χ0v) is 11.2. The van der Waals surface area contributed by atoms with Crippen LogP contribution in [0.3, 0.4) is 0 Å². The van der Waals surface area contributed by atoms with Gasteiger partial charge in [-0.25, -0.2) is 0 Å². The molecule has 0 fully saturated rings. The Morgan fingerprint density at radius 1 is 1.11 bits per heavy atom. The summed E-state index contributed by atoms with van der Waals surface area (Å²) in [5.41, 5.74) is 3.17. The van der Waals surface area contributed by atoms with Crippen molar-refractivity contribution in [2.45, 2.75) is 26.4 Å². The van der Waals surface area contributed by atoms with E-state index in [1.54, 1.807) is 6.07 Å². The monoisotopic (exact) mass is 257 g/mol. The van der Waals surface area contributed by atoms with Crippen molar-refractivity contribution in [2.75, 3.05) is 0 Å². The number of hydrogen-bond acceptors (Lipinski definition) is 3. The molecule has 0 aromatic heterocycles. The zero-order valence-electron chi connectivity index (χ0n) is 11.2. The van der Waals surface area contributed by atoms with E-state index in [2.05, 4.69) is 24.4 Å². The number of nitrogens with one attached hydrogen (secondary N) is 1. The van der Waals surface area contributed by atoms with Crippen molar-refractivity contribution in [2.24, 2.45) is 0 Å². The van der Waals surface area contributed by atoms with Crippen molar-refractivity contribution < 1.29 is 10.2 Å². The van der Waals surface area contributed by atoms with E-state index in [0.717, 1.165) is 6.54 Å². The Bertz CT molecular complexity index is 566. The van der Waals surface area contributed by atoms with E-state index in [1.807, 2.05) is 19.1 Å². The van der Waals surface area contributed by atoms with Crippen LogP contribution in [0.2, 0.25) is 0 Å². The Hall–Kier alpha value is -2.00. The molecule has 0 radical (unpaired) electrons. The average Bonchev–Trinajstić information content (AvgIpc) is 2.40. The Kier molecular flexibility index (Phi) is 4.07. The summed E-state index contributed by atoms with van der Waals surface area (Å²) in [5.74, 6) is 0.361. The Balaban J connectivity index is 2.07. The van der Waals surface area contributed by atoms with Crippen LogP contribution in [0.25, 0.3) is 0 Å². The van der Waals surface area contributed by atoms with Gasteiger partial charge in [0.15, 0.2) is 0 Å². The minimum Gasteiger partial charge on any atom is -0.508 e. The highest BCUT2D eigenvalue weighted by Crippen LogP contribution is 2.27. The summed E-state index contributed by atoms with van der Waals surface area (Å²) in [5, 5.41) is 22.6. The maximum Gasteiger partial charge on any atom is 0.120 e. The standard InChI is InChI=1S/C16H19NO2/c1-11-5-3-4-6-13(11)10-17-12(2)15-9-14(18)7-8-16(15)19/h3-9,12,17-19H,10H2,1-2H3. The molecule has 3 nitrogen and oxygen atoms in total. The first kappa shape index (κ1) is 13.4. The van der Waals surface area contributed by atoms with Crippen molar-refractivity contribution in [3.05, 3.63) is 59.2 Å². The molecule has 0 aliphatic heterocycles. The third-order valence-corrected chi connectivity index (χ3v) is 3.34. The quantitative estimate of drug-likeness (QED) is 0.737. The smallest absolute Gasteiger partial charge is 0.120 e. The molecule has 2 aromatic rings. The maximum atomic E-state index is 9.81. The van der Waals surface area contributed by atoms with Gasteiger partial charge < -0.3 is 15.5 Å². The van der Waals surface area contributed by atoms with Gasteiger partial charge >= 0.3 is 0 Å². The van der Waals surface area contributed by atoms with E-state index in [1.165, 1.54) is 23.3 Å². The van der Waals surface area contributed by atoms with Gasteiger partial charge in [-0.1, -0.05) is 24.3 Å². The van der Waals surface area contributed by atoms with Gasteiger partial charge in [0.05, 0.1) is 0 Å². The van der Waals surface area contributed by atoms with Crippen LogP contribution in [0, 0.1) is 6.92 Å². The molecule has 3 heteroatoms. The lowest BCUT2D eigenvalue weighted by Gasteiger charge is -2.16. The van der Waals surface area contributed by atoms with Crippen molar-refractivity contribution in [1.29, 1.82) is 0 Å². The van der Waals surface area contributed by atoms with E-state index in [9.17, 15) is 10.2 Å². The van der Waals surface area contributed by atoms with Gasteiger partial charge in [0.25, 0.3) is 0 Å². The van der Waals surface area contributed by atoms with E-state index < -0.39 is 0 Å². The van der Waals surface area contributed by atoms with Crippen LogP contribution >= 0.6 is 0 Å². The summed E-state index contributed by atoms with van der Waals surface area (Å²) >= 11 is 0. The molecule has 0 spiro atoms. The molecule has 2 aromatic carbocycles. The normalized spacial score (nSPS) is 12.3. The van der Waals surface area contributed by atoms with Crippen LogP contribution in [-0.2, 0) is 6.54 Å². The molecule has 0 heterocycles. The van der Waals surface area contributed by atoms with Gasteiger partial charge in [-0.05, 0) is 43.2 Å². The number of hydrogen-bond donors (Lipinski definition) is 3. The molecule has 19 heavy (non-hydrogen) atoms. The lowest BCUT2D eigenvalue weighted by molar-refractivity contribution is 0.440. The second-order valence-corrected chi connectivity index (χ2v) is 4.77. The molecule has 0 amide bonds. The van der Waals surface area contributed by atoms with Gasteiger partial charge in [-0.3, -0.25) is 0 Å². The molecule has 2 rings (SSSR count).